The smallest absolute Gasteiger partial charge is 0.251 e. The summed E-state index contributed by atoms with van der Waals surface area (Å²) >= 11 is 0. The first-order chi connectivity index (χ1) is 9.40. The van der Waals surface area contributed by atoms with Gasteiger partial charge in [-0.1, -0.05) is 0 Å². The van der Waals surface area contributed by atoms with Gasteiger partial charge in [0.15, 0.2) is 0 Å². The first-order valence-electron chi connectivity index (χ1n) is 6.48. The molecule has 108 valence electrons. The summed E-state index contributed by atoms with van der Waals surface area (Å²) in [4.78, 5) is 26.0. The number of hydrogen-bond donors (Lipinski definition) is 1. The van der Waals surface area contributed by atoms with E-state index < -0.39 is 11.7 Å². The third-order valence-corrected chi connectivity index (χ3v) is 3.79. The van der Waals surface area contributed by atoms with Gasteiger partial charge in [0, 0.05) is 32.7 Å². The Morgan fingerprint density at radius 2 is 2.15 bits per heavy atom. The highest BCUT2D eigenvalue weighted by molar-refractivity contribution is 5.93. The summed E-state index contributed by atoms with van der Waals surface area (Å²) in [5.74, 6) is -1.37. The van der Waals surface area contributed by atoms with Crippen LogP contribution in [0.4, 0.5) is 10.1 Å². The predicted molar refractivity (Wildman–Crippen MR) is 74.0 cm³/mol. The highest BCUT2D eigenvalue weighted by atomic mass is 19.1. The molecule has 2 amide bonds. The molecule has 6 heteroatoms. The lowest BCUT2D eigenvalue weighted by molar-refractivity contribution is -0.129. The number of carbonyl (C=O) groups excluding carboxylic acids is 2. The summed E-state index contributed by atoms with van der Waals surface area (Å²) in [7, 11) is 1.77. The number of carbonyl (C=O) groups is 2. The Bertz CT molecular complexity index is 547. The van der Waals surface area contributed by atoms with Crippen molar-refractivity contribution in [1.29, 1.82) is 0 Å². The van der Waals surface area contributed by atoms with Crippen LogP contribution < -0.4 is 10.6 Å². The molecule has 1 aliphatic rings. The number of anilines is 1. The van der Waals surface area contributed by atoms with Crippen molar-refractivity contribution in [3.8, 4) is 0 Å². The molecule has 5 nitrogen and oxygen atoms in total. The Hall–Kier alpha value is -2.11. The van der Waals surface area contributed by atoms with E-state index in [1.54, 1.807) is 18.0 Å². The Kier molecular flexibility index (Phi) is 3.92. The van der Waals surface area contributed by atoms with Gasteiger partial charge in [-0.3, -0.25) is 9.59 Å². The van der Waals surface area contributed by atoms with Gasteiger partial charge in [-0.25, -0.2) is 4.39 Å². The monoisotopic (exact) mass is 279 g/mol. The molecule has 0 aromatic heterocycles. The second-order valence-corrected chi connectivity index (χ2v) is 5.05. The summed E-state index contributed by atoms with van der Waals surface area (Å²) in [5.41, 5.74) is 5.67. The number of primary amides is 1. The lowest BCUT2D eigenvalue weighted by atomic mass is 10.1. The molecule has 1 saturated heterocycles. The lowest BCUT2D eigenvalue weighted by Gasteiger charge is -2.24. The molecule has 0 aliphatic carbocycles. The van der Waals surface area contributed by atoms with Crippen LogP contribution >= 0.6 is 0 Å². The van der Waals surface area contributed by atoms with Crippen molar-refractivity contribution >= 4 is 17.5 Å². The van der Waals surface area contributed by atoms with Gasteiger partial charge < -0.3 is 15.5 Å². The zero-order chi connectivity index (χ0) is 14.9. The molecule has 1 aromatic carbocycles. The van der Waals surface area contributed by atoms with E-state index in [9.17, 15) is 14.0 Å². The van der Waals surface area contributed by atoms with E-state index in [0.717, 1.165) is 13.0 Å². The third-order valence-electron chi connectivity index (χ3n) is 3.79. The van der Waals surface area contributed by atoms with Gasteiger partial charge in [0.05, 0.1) is 11.6 Å². The van der Waals surface area contributed by atoms with Crippen LogP contribution in [-0.2, 0) is 4.79 Å². The molecule has 20 heavy (non-hydrogen) atoms. The van der Waals surface area contributed by atoms with E-state index in [2.05, 4.69) is 0 Å². The van der Waals surface area contributed by atoms with Gasteiger partial charge in [-0.05, 0) is 24.6 Å². The number of amides is 2. The molecule has 1 heterocycles. The number of halogens is 1. The quantitative estimate of drug-likeness (QED) is 0.897. The molecule has 2 N–H and O–H groups in total. The van der Waals surface area contributed by atoms with Gasteiger partial charge in [0.25, 0.3) is 5.91 Å². The fourth-order valence-corrected chi connectivity index (χ4v) is 2.45. The molecule has 0 saturated carbocycles. The molecule has 1 atom stereocenters. The highest BCUT2D eigenvalue weighted by Crippen LogP contribution is 2.24. The molecule has 1 aliphatic heterocycles. The number of nitrogens with two attached hydrogens (primary N) is 1. The SMILES string of the molecule is CC(=O)N(C)C1CCN(c2ccc(C(N)=O)c(F)c2)C1. The zero-order valence-electron chi connectivity index (χ0n) is 11.6. The average Bonchev–Trinajstić information content (AvgIpc) is 2.86. The van der Waals surface area contributed by atoms with Crippen molar-refractivity contribution in [3.05, 3.63) is 29.6 Å². The van der Waals surface area contributed by atoms with Crippen LogP contribution in [0.3, 0.4) is 0 Å². The fraction of sp³-hybridized carbons (Fsp3) is 0.429. The minimum atomic E-state index is -0.773. The molecule has 1 aromatic rings. The molecule has 0 bridgehead atoms. The Balaban J connectivity index is 2.12. The Morgan fingerprint density at radius 1 is 1.45 bits per heavy atom. The summed E-state index contributed by atoms with van der Waals surface area (Å²) in [5, 5.41) is 0. The molecule has 2 rings (SSSR count). The van der Waals surface area contributed by atoms with Crippen molar-refractivity contribution in [2.75, 3.05) is 25.0 Å². The first-order valence-corrected chi connectivity index (χ1v) is 6.48. The maximum absolute atomic E-state index is 13.7. The minimum Gasteiger partial charge on any atom is -0.369 e. The summed E-state index contributed by atoms with van der Waals surface area (Å²) in [6.07, 6.45) is 0.843. The largest absolute Gasteiger partial charge is 0.369 e. The van der Waals surface area contributed by atoms with Crippen LogP contribution in [-0.4, -0.2) is 42.9 Å². The molecule has 0 spiro atoms. The van der Waals surface area contributed by atoms with Crippen LogP contribution in [0.1, 0.15) is 23.7 Å². The second-order valence-electron chi connectivity index (χ2n) is 5.05. The van der Waals surface area contributed by atoms with Crippen LogP contribution in [0.25, 0.3) is 0 Å². The lowest BCUT2D eigenvalue weighted by Crippen LogP contribution is -2.37. The fourth-order valence-electron chi connectivity index (χ4n) is 2.45. The van der Waals surface area contributed by atoms with Crippen LogP contribution in [0, 0.1) is 5.82 Å². The third kappa shape index (κ3) is 2.74. The van der Waals surface area contributed by atoms with Crippen molar-refractivity contribution in [2.45, 2.75) is 19.4 Å². The minimum absolute atomic E-state index is 0.0205. The number of nitrogens with zero attached hydrogens (tertiary/aromatic N) is 2. The van der Waals surface area contributed by atoms with Crippen LogP contribution in [0.2, 0.25) is 0 Å². The van der Waals surface area contributed by atoms with Gasteiger partial charge in [0.1, 0.15) is 5.82 Å². The average molecular weight is 279 g/mol. The van der Waals surface area contributed by atoms with Gasteiger partial charge in [-0.15, -0.1) is 0 Å². The Labute approximate surface area is 117 Å². The van der Waals surface area contributed by atoms with E-state index in [4.69, 9.17) is 5.73 Å². The maximum atomic E-state index is 13.7. The van der Waals surface area contributed by atoms with E-state index >= 15 is 0 Å². The van der Waals surface area contributed by atoms with Crippen molar-refractivity contribution in [1.82, 2.24) is 4.90 Å². The number of benzene rings is 1. The van der Waals surface area contributed by atoms with E-state index in [1.807, 2.05) is 4.90 Å². The maximum Gasteiger partial charge on any atom is 0.251 e. The highest BCUT2D eigenvalue weighted by Gasteiger charge is 2.27. The zero-order valence-corrected chi connectivity index (χ0v) is 11.6. The first kappa shape index (κ1) is 14.3. The Morgan fingerprint density at radius 3 is 2.70 bits per heavy atom. The number of likely N-dealkylation sites (N-methyl/N-ethyl adjacent to an activating group) is 1. The van der Waals surface area contributed by atoms with Crippen LogP contribution in [0.15, 0.2) is 18.2 Å². The van der Waals surface area contributed by atoms with E-state index in [1.165, 1.54) is 19.1 Å². The van der Waals surface area contributed by atoms with E-state index in [0.29, 0.717) is 12.2 Å². The summed E-state index contributed by atoms with van der Waals surface area (Å²) < 4.78 is 13.7. The van der Waals surface area contributed by atoms with Gasteiger partial charge in [-0.2, -0.15) is 0 Å². The number of rotatable bonds is 3. The van der Waals surface area contributed by atoms with Crippen LogP contribution in [0.5, 0.6) is 0 Å². The molecule has 1 fully saturated rings. The standard InChI is InChI=1S/C14H18FN3O2/c1-9(19)17(2)11-5-6-18(8-11)10-3-4-12(14(16)20)13(15)7-10/h3-4,7,11H,5-6,8H2,1-2H3,(H2,16,20). The summed E-state index contributed by atoms with van der Waals surface area (Å²) in [6.45, 7) is 2.94. The van der Waals surface area contributed by atoms with Gasteiger partial charge >= 0.3 is 0 Å². The van der Waals surface area contributed by atoms with Gasteiger partial charge in [0.2, 0.25) is 5.91 Å². The van der Waals surface area contributed by atoms with E-state index in [-0.39, 0.29) is 17.5 Å². The molecule has 1 unspecified atom stereocenters. The molecular weight excluding hydrogens is 261 g/mol. The summed E-state index contributed by atoms with van der Waals surface area (Å²) in [6, 6.07) is 4.52. The normalized spacial score (nSPS) is 18.1. The van der Waals surface area contributed by atoms with Crippen molar-refractivity contribution in [2.24, 2.45) is 5.73 Å². The molecule has 0 radical (unpaired) electrons. The predicted octanol–water partition coefficient (Wildman–Crippen LogP) is 0.982. The van der Waals surface area contributed by atoms with Crippen molar-refractivity contribution < 1.29 is 14.0 Å². The van der Waals surface area contributed by atoms with Crippen molar-refractivity contribution in [3.63, 3.8) is 0 Å². The number of hydrogen-bond acceptors (Lipinski definition) is 3. The topological polar surface area (TPSA) is 66.6 Å². The molecular formula is C14H18FN3O2. The second kappa shape index (κ2) is 5.48.